The lowest BCUT2D eigenvalue weighted by molar-refractivity contribution is -0.134. The van der Waals surface area contributed by atoms with Gasteiger partial charge in [0.2, 0.25) is 5.91 Å². The smallest absolute Gasteiger partial charge is 0.358 e. The van der Waals surface area contributed by atoms with Crippen molar-refractivity contribution in [1.29, 1.82) is 0 Å². The Kier molecular flexibility index (Phi) is 3.16. The van der Waals surface area contributed by atoms with Crippen LogP contribution in [0.1, 0.15) is 60.7 Å². The molecule has 2 N–H and O–H groups in total. The number of nitrogens with one attached hydrogen (secondary N) is 1. The number of H-pyrrole nitrogens is 1. The molecule has 3 aliphatic rings. The number of carbonyl (C=O) groups is 2. The average molecular weight is 304 g/mol. The Labute approximate surface area is 128 Å². The van der Waals surface area contributed by atoms with E-state index in [1.807, 2.05) is 4.90 Å². The van der Waals surface area contributed by atoms with Crippen molar-refractivity contribution in [3.05, 3.63) is 11.4 Å². The van der Waals surface area contributed by atoms with E-state index in [9.17, 15) is 14.7 Å². The summed E-state index contributed by atoms with van der Waals surface area (Å²) in [6.07, 6.45) is 6.47. The molecule has 0 aromatic carbocycles. The van der Waals surface area contributed by atoms with E-state index in [2.05, 4.69) is 15.4 Å². The van der Waals surface area contributed by atoms with Crippen LogP contribution in [0.25, 0.3) is 0 Å². The van der Waals surface area contributed by atoms with E-state index in [4.69, 9.17) is 0 Å². The number of aromatic amines is 1. The maximum absolute atomic E-state index is 12.9. The maximum atomic E-state index is 12.9. The van der Waals surface area contributed by atoms with Gasteiger partial charge in [-0.3, -0.25) is 4.79 Å². The third kappa shape index (κ3) is 2.02. The SMILES string of the molecule is O=C(O)c1n[nH]nc1C1CCCN1C(=O)C1[C@H]2CCCC[C@@H]12. The number of fused-ring (bicyclic) bond motifs is 1. The Morgan fingerprint density at radius 1 is 1.09 bits per heavy atom. The summed E-state index contributed by atoms with van der Waals surface area (Å²) in [5.74, 6) is 0.419. The molecule has 0 radical (unpaired) electrons. The first-order chi connectivity index (χ1) is 10.7. The zero-order chi connectivity index (χ0) is 15.3. The summed E-state index contributed by atoms with van der Waals surface area (Å²) in [4.78, 5) is 26.0. The van der Waals surface area contributed by atoms with Crippen molar-refractivity contribution in [2.75, 3.05) is 6.54 Å². The molecule has 7 heteroatoms. The van der Waals surface area contributed by atoms with Crippen molar-refractivity contribution in [3.8, 4) is 0 Å². The van der Waals surface area contributed by atoms with Crippen LogP contribution >= 0.6 is 0 Å². The number of nitrogens with zero attached hydrogens (tertiary/aromatic N) is 3. The van der Waals surface area contributed by atoms with Crippen LogP contribution in [0.2, 0.25) is 0 Å². The van der Waals surface area contributed by atoms with Crippen LogP contribution in [0.5, 0.6) is 0 Å². The van der Waals surface area contributed by atoms with Gasteiger partial charge in [0.25, 0.3) is 0 Å². The van der Waals surface area contributed by atoms with E-state index in [0.29, 0.717) is 24.1 Å². The minimum absolute atomic E-state index is 0.0575. The van der Waals surface area contributed by atoms with Crippen LogP contribution in [-0.2, 0) is 4.79 Å². The molecular formula is C15H20N4O3. The first-order valence-corrected chi connectivity index (χ1v) is 8.13. The molecular weight excluding hydrogens is 284 g/mol. The molecule has 4 rings (SSSR count). The first-order valence-electron chi connectivity index (χ1n) is 8.13. The molecule has 1 saturated heterocycles. The molecule has 118 valence electrons. The van der Waals surface area contributed by atoms with Gasteiger partial charge in [-0.25, -0.2) is 4.79 Å². The van der Waals surface area contributed by atoms with E-state index >= 15 is 0 Å². The highest BCUT2D eigenvalue weighted by molar-refractivity contribution is 5.87. The second-order valence-corrected chi connectivity index (χ2v) is 6.69. The summed E-state index contributed by atoms with van der Waals surface area (Å²) >= 11 is 0. The highest BCUT2D eigenvalue weighted by atomic mass is 16.4. The molecule has 2 aliphatic carbocycles. The fraction of sp³-hybridized carbons (Fsp3) is 0.733. The lowest BCUT2D eigenvalue weighted by atomic mass is 10.0. The molecule has 1 aliphatic heterocycles. The monoisotopic (exact) mass is 304 g/mol. The van der Waals surface area contributed by atoms with E-state index < -0.39 is 5.97 Å². The van der Waals surface area contributed by atoms with Gasteiger partial charge in [0.15, 0.2) is 5.69 Å². The van der Waals surface area contributed by atoms with Gasteiger partial charge < -0.3 is 10.0 Å². The number of carboxylic acids is 1. The zero-order valence-electron chi connectivity index (χ0n) is 12.4. The standard InChI is InChI=1S/C15H20N4O3/c20-14(11-8-4-1-2-5-9(8)11)19-7-3-6-10(19)12-13(15(21)22)17-18-16-12/h8-11H,1-7H2,(H,21,22)(H,16,17,18)/t8-,9+,10?,11?. The second kappa shape index (κ2) is 5.07. The topological polar surface area (TPSA) is 99.2 Å². The van der Waals surface area contributed by atoms with Gasteiger partial charge in [-0.1, -0.05) is 12.8 Å². The van der Waals surface area contributed by atoms with Gasteiger partial charge in [-0.05, 0) is 37.5 Å². The van der Waals surface area contributed by atoms with Gasteiger partial charge in [-0.15, -0.1) is 5.10 Å². The molecule has 1 aromatic rings. The largest absolute Gasteiger partial charge is 0.476 e. The molecule has 22 heavy (non-hydrogen) atoms. The average Bonchev–Trinajstić information content (AvgIpc) is 2.89. The van der Waals surface area contributed by atoms with Crippen molar-refractivity contribution in [1.82, 2.24) is 20.3 Å². The minimum atomic E-state index is -1.09. The summed E-state index contributed by atoms with van der Waals surface area (Å²) in [7, 11) is 0. The molecule has 4 atom stereocenters. The summed E-state index contributed by atoms with van der Waals surface area (Å²) in [6, 6.07) is -0.236. The molecule has 1 aromatic heterocycles. The predicted octanol–water partition coefficient (Wildman–Crippen LogP) is 1.60. The Hall–Kier alpha value is -1.92. The van der Waals surface area contributed by atoms with Gasteiger partial charge in [-0.2, -0.15) is 10.3 Å². The van der Waals surface area contributed by atoms with Crippen molar-refractivity contribution in [3.63, 3.8) is 0 Å². The highest BCUT2D eigenvalue weighted by Crippen LogP contribution is 2.56. The molecule has 2 heterocycles. The van der Waals surface area contributed by atoms with Gasteiger partial charge in [0.1, 0.15) is 5.69 Å². The van der Waals surface area contributed by atoms with Gasteiger partial charge in [0.05, 0.1) is 6.04 Å². The Morgan fingerprint density at radius 2 is 1.82 bits per heavy atom. The fourth-order valence-electron chi connectivity index (χ4n) is 4.49. The summed E-state index contributed by atoms with van der Waals surface area (Å²) < 4.78 is 0. The van der Waals surface area contributed by atoms with Crippen LogP contribution in [0.4, 0.5) is 0 Å². The molecule has 0 spiro atoms. The predicted molar refractivity (Wildman–Crippen MR) is 76.0 cm³/mol. The quantitative estimate of drug-likeness (QED) is 0.883. The van der Waals surface area contributed by atoms with Crippen LogP contribution < -0.4 is 0 Å². The van der Waals surface area contributed by atoms with E-state index in [1.165, 1.54) is 25.7 Å². The Bertz CT molecular complexity index is 602. The van der Waals surface area contributed by atoms with Crippen LogP contribution in [-0.4, -0.2) is 43.8 Å². The summed E-state index contributed by atoms with van der Waals surface area (Å²) in [5, 5.41) is 19.3. The van der Waals surface area contributed by atoms with Crippen molar-refractivity contribution in [2.24, 2.45) is 17.8 Å². The Morgan fingerprint density at radius 3 is 2.50 bits per heavy atom. The number of amides is 1. The number of likely N-dealkylation sites (tertiary alicyclic amines) is 1. The molecule has 2 saturated carbocycles. The lowest BCUT2D eigenvalue weighted by Crippen LogP contribution is -2.33. The minimum Gasteiger partial charge on any atom is -0.476 e. The maximum Gasteiger partial charge on any atom is 0.358 e. The number of hydrogen-bond acceptors (Lipinski definition) is 4. The van der Waals surface area contributed by atoms with Crippen molar-refractivity contribution < 1.29 is 14.7 Å². The number of aromatic nitrogens is 3. The van der Waals surface area contributed by atoms with E-state index in [1.54, 1.807) is 0 Å². The highest BCUT2D eigenvalue weighted by Gasteiger charge is 2.56. The van der Waals surface area contributed by atoms with Gasteiger partial charge in [0, 0.05) is 12.5 Å². The normalized spacial score (nSPS) is 33.5. The lowest BCUT2D eigenvalue weighted by Gasteiger charge is -2.23. The fourth-order valence-corrected chi connectivity index (χ4v) is 4.49. The summed E-state index contributed by atoms with van der Waals surface area (Å²) in [6.45, 7) is 0.700. The number of rotatable bonds is 3. The Balaban J connectivity index is 1.55. The summed E-state index contributed by atoms with van der Waals surface area (Å²) in [5.41, 5.74) is 0.347. The number of carbonyl (C=O) groups excluding carboxylic acids is 1. The third-order valence-corrected chi connectivity index (χ3v) is 5.57. The number of carboxylic acid groups (broad SMARTS) is 1. The molecule has 2 unspecified atom stereocenters. The van der Waals surface area contributed by atoms with Crippen LogP contribution in [0.3, 0.4) is 0 Å². The molecule has 7 nitrogen and oxygen atoms in total. The zero-order valence-corrected chi connectivity index (χ0v) is 12.4. The molecule has 3 fully saturated rings. The van der Waals surface area contributed by atoms with E-state index in [-0.39, 0.29) is 23.6 Å². The van der Waals surface area contributed by atoms with Crippen molar-refractivity contribution in [2.45, 2.75) is 44.6 Å². The van der Waals surface area contributed by atoms with Crippen LogP contribution in [0, 0.1) is 17.8 Å². The number of aromatic carboxylic acids is 1. The third-order valence-electron chi connectivity index (χ3n) is 5.57. The number of hydrogen-bond donors (Lipinski definition) is 2. The molecule has 1 amide bonds. The van der Waals surface area contributed by atoms with Crippen LogP contribution in [0.15, 0.2) is 0 Å². The van der Waals surface area contributed by atoms with E-state index in [0.717, 1.165) is 12.8 Å². The molecule has 0 bridgehead atoms. The first kappa shape index (κ1) is 13.7. The van der Waals surface area contributed by atoms with Crippen molar-refractivity contribution >= 4 is 11.9 Å². The van der Waals surface area contributed by atoms with Gasteiger partial charge >= 0.3 is 5.97 Å². The second-order valence-electron chi connectivity index (χ2n) is 6.69.